The SMILES string of the molecule is Cc1cccc(C(Cc2c(F)cccc2Cl)NN)c1Br. The van der Waals surface area contributed by atoms with Crippen molar-refractivity contribution in [2.45, 2.75) is 19.4 Å². The molecule has 2 aromatic carbocycles. The molecule has 0 saturated heterocycles. The Bertz CT molecular complexity index is 599. The Hall–Kier alpha value is -0.940. The summed E-state index contributed by atoms with van der Waals surface area (Å²) >= 11 is 9.62. The summed E-state index contributed by atoms with van der Waals surface area (Å²) in [7, 11) is 0. The molecule has 1 unspecified atom stereocenters. The van der Waals surface area contributed by atoms with Gasteiger partial charge in [0.05, 0.1) is 6.04 Å². The molecule has 2 nitrogen and oxygen atoms in total. The van der Waals surface area contributed by atoms with Crippen molar-refractivity contribution in [3.63, 3.8) is 0 Å². The van der Waals surface area contributed by atoms with Gasteiger partial charge in [0, 0.05) is 15.1 Å². The first-order chi connectivity index (χ1) is 9.54. The minimum Gasteiger partial charge on any atom is -0.271 e. The van der Waals surface area contributed by atoms with E-state index in [4.69, 9.17) is 17.4 Å². The fourth-order valence-electron chi connectivity index (χ4n) is 2.13. The summed E-state index contributed by atoms with van der Waals surface area (Å²) in [5.74, 6) is 5.32. The molecule has 0 radical (unpaired) electrons. The second kappa shape index (κ2) is 6.68. The zero-order valence-electron chi connectivity index (χ0n) is 11.0. The number of rotatable bonds is 4. The van der Waals surface area contributed by atoms with E-state index in [0.29, 0.717) is 17.0 Å². The van der Waals surface area contributed by atoms with Crippen LogP contribution in [0.5, 0.6) is 0 Å². The summed E-state index contributed by atoms with van der Waals surface area (Å²) in [6.07, 6.45) is 0.379. The van der Waals surface area contributed by atoms with Crippen molar-refractivity contribution in [1.29, 1.82) is 0 Å². The average molecular weight is 358 g/mol. The van der Waals surface area contributed by atoms with Crippen molar-refractivity contribution in [3.05, 3.63) is 68.4 Å². The third-order valence-electron chi connectivity index (χ3n) is 3.27. The molecule has 20 heavy (non-hydrogen) atoms. The van der Waals surface area contributed by atoms with E-state index in [1.165, 1.54) is 6.07 Å². The van der Waals surface area contributed by atoms with Gasteiger partial charge in [0.2, 0.25) is 0 Å². The van der Waals surface area contributed by atoms with Gasteiger partial charge in [-0.3, -0.25) is 11.3 Å². The molecule has 0 bridgehead atoms. The van der Waals surface area contributed by atoms with E-state index in [2.05, 4.69) is 21.4 Å². The Morgan fingerprint density at radius 2 is 2.00 bits per heavy atom. The van der Waals surface area contributed by atoms with Crippen molar-refractivity contribution in [2.24, 2.45) is 5.84 Å². The number of nitrogens with one attached hydrogen (secondary N) is 1. The summed E-state index contributed by atoms with van der Waals surface area (Å²) in [6.45, 7) is 2.00. The lowest BCUT2D eigenvalue weighted by molar-refractivity contribution is 0.527. The molecule has 2 aromatic rings. The van der Waals surface area contributed by atoms with E-state index >= 15 is 0 Å². The van der Waals surface area contributed by atoms with Gasteiger partial charge in [-0.2, -0.15) is 0 Å². The monoisotopic (exact) mass is 356 g/mol. The highest BCUT2D eigenvalue weighted by Crippen LogP contribution is 2.30. The smallest absolute Gasteiger partial charge is 0.127 e. The van der Waals surface area contributed by atoms with Crippen molar-refractivity contribution >= 4 is 27.5 Å². The molecule has 106 valence electrons. The Morgan fingerprint density at radius 1 is 1.30 bits per heavy atom. The van der Waals surface area contributed by atoms with Crippen LogP contribution in [-0.4, -0.2) is 0 Å². The molecule has 0 spiro atoms. The quantitative estimate of drug-likeness (QED) is 0.632. The van der Waals surface area contributed by atoms with E-state index in [1.54, 1.807) is 12.1 Å². The minimum atomic E-state index is -0.318. The Labute approximate surface area is 131 Å². The van der Waals surface area contributed by atoms with Gasteiger partial charge in [0.25, 0.3) is 0 Å². The zero-order valence-corrected chi connectivity index (χ0v) is 13.3. The summed E-state index contributed by atoms with van der Waals surface area (Å²) in [5, 5.41) is 0.411. The molecule has 0 aliphatic heterocycles. The molecule has 0 heterocycles. The normalized spacial score (nSPS) is 12.4. The third kappa shape index (κ3) is 3.20. The van der Waals surface area contributed by atoms with Crippen LogP contribution in [0.25, 0.3) is 0 Å². The molecule has 5 heteroatoms. The van der Waals surface area contributed by atoms with Crippen LogP contribution in [-0.2, 0) is 6.42 Å². The zero-order chi connectivity index (χ0) is 14.7. The van der Waals surface area contributed by atoms with Crippen LogP contribution in [0, 0.1) is 12.7 Å². The Morgan fingerprint density at radius 3 is 2.65 bits per heavy atom. The van der Waals surface area contributed by atoms with Crippen LogP contribution in [0.4, 0.5) is 4.39 Å². The van der Waals surface area contributed by atoms with Crippen LogP contribution >= 0.6 is 27.5 Å². The maximum absolute atomic E-state index is 13.9. The van der Waals surface area contributed by atoms with Crippen LogP contribution < -0.4 is 11.3 Å². The molecule has 0 saturated carbocycles. The Balaban J connectivity index is 2.37. The van der Waals surface area contributed by atoms with E-state index in [9.17, 15) is 4.39 Å². The number of hydrogen-bond donors (Lipinski definition) is 2. The van der Waals surface area contributed by atoms with Crippen molar-refractivity contribution < 1.29 is 4.39 Å². The van der Waals surface area contributed by atoms with Crippen molar-refractivity contribution in [2.75, 3.05) is 0 Å². The molecule has 1 atom stereocenters. The van der Waals surface area contributed by atoms with E-state index in [0.717, 1.165) is 15.6 Å². The number of hydrazine groups is 1. The molecule has 2 rings (SSSR count). The fourth-order valence-corrected chi connectivity index (χ4v) is 2.91. The molecule has 0 aromatic heterocycles. The highest BCUT2D eigenvalue weighted by Gasteiger charge is 2.18. The topological polar surface area (TPSA) is 38.0 Å². The van der Waals surface area contributed by atoms with Crippen LogP contribution in [0.15, 0.2) is 40.9 Å². The molecule has 0 amide bonds. The molecule has 0 aliphatic rings. The van der Waals surface area contributed by atoms with Gasteiger partial charge in [0.15, 0.2) is 0 Å². The van der Waals surface area contributed by atoms with Gasteiger partial charge >= 0.3 is 0 Å². The molecule has 3 N–H and O–H groups in total. The summed E-state index contributed by atoms with van der Waals surface area (Å²) < 4.78 is 14.8. The second-order valence-corrected chi connectivity index (χ2v) is 5.80. The number of hydrogen-bond acceptors (Lipinski definition) is 2. The summed E-state index contributed by atoms with van der Waals surface area (Å²) in [4.78, 5) is 0. The summed E-state index contributed by atoms with van der Waals surface area (Å²) in [5.41, 5.74) is 5.28. The Kier molecular flexibility index (Phi) is 5.16. The lowest BCUT2D eigenvalue weighted by Gasteiger charge is -2.20. The predicted molar refractivity (Wildman–Crippen MR) is 84.1 cm³/mol. The lowest BCUT2D eigenvalue weighted by Crippen LogP contribution is -2.30. The maximum atomic E-state index is 13.9. The highest BCUT2D eigenvalue weighted by molar-refractivity contribution is 9.10. The van der Waals surface area contributed by atoms with Crippen molar-refractivity contribution in [3.8, 4) is 0 Å². The standard InChI is InChI=1S/C15H15BrClFN2/c1-9-4-2-5-10(15(9)16)14(20-19)8-11-12(17)6-3-7-13(11)18/h2-7,14,20H,8,19H2,1H3. The maximum Gasteiger partial charge on any atom is 0.127 e. The largest absolute Gasteiger partial charge is 0.271 e. The van der Waals surface area contributed by atoms with E-state index in [1.807, 2.05) is 25.1 Å². The fraction of sp³-hybridized carbons (Fsp3) is 0.200. The molecule has 0 aliphatic carbocycles. The van der Waals surface area contributed by atoms with Gasteiger partial charge in [-0.1, -0.05) is 51.8 Å². The van der Waals surface area contributed by atoms with Gasteiger partial charge < -0.3 is 0 Å². The molecular formula is C15H15BrClFN2. The number of halogens is 3. The number of aryl methyl sites for hydroxylation is 1. The van der Waals surface area contributed by atoms with Crippen LogP contribution in [0.1, 0.15) is 22.7 Å². The van der Waals surface area contributed by atoms with Crippen LogP contribution in [0.2, 0.25) is 5.02 Å². The number of benzene rings is 2. The first kappa shape index (κ1) is 15.4. The third-order valence-corrected chi connectivity index (χ3v) is 4.71. The average Bonchev–Trinajstić information content (AvgIpc) is 2.42. The van der Waals surface area contributed by atoms with E-state index in [-0.39, 0.29) is 11.9 Å². The lowest BCUT2D eigenvalue weighted by atomic mass is 9.97. The molecular weight excluding hydrogens is 343 g/mol. The second-order valence-electron chi connectivity index (χ2n) is 4.60. The summed E-state index contributed by atoms with van der Waals surface area (Å²) in [6, 6.07) is 10.3. The highest BCUT2D eigenvalue weighted by atomic mass is 79.9. The van der Waals surface area contributed by atoms with Gasteiger partial charge in [-0.15, -0.1) is 0 Å². The van der Waals surface area contributed by atoms with E-state index < -0.39 is 0 Å². The minimum absolute atomic E-state index is 0.223. The molecule has 0 fully saturated rings. The van der Waals surface area contributed by atoms with Crippen LogP contribution in [0.3, 0.4) is 0 Å². The van der Waals surface area contributed by atoms with Gasteiger partial charge in [-0.05, 0) is 36.6 Å². The van der Waals surface area contributed by atoms with Gasteiger partial charge in [-0.25, -0.2) is 4.39 Å². The first-order valence-electron chi connectivity index (χ1n) is 6.18. The first-order valence-corrected chi connectivity index (χ1v) is 7.35. The predicted octanol–water partition coefficient (Wildman–Crippen LogP) is 4.30. The van der Waals surface area contributed by atoms with Gasteiger partial charge in [0.1, 0.15) is 5.82 Å². The number of nitrogens with two attached hydrogens (primary N) is 1. The van der Waals surface area contributed by atoms with Crippen molar-refractivity contribution in [1.82, 2.24) is 5.43 Å².